The van der Waals surface area contributed by atoms with Crippen molar-refractivity contribution in [1.29, 1.82) is 0 Å². The number of piperidine rings is 1. The minimum absolute atomic E-state index is 0.0498. The molecule has 0 unspecified atom stereocenters. The van der Waals surface area contributed by atoms with Crippen LogP contribution in [0.15, 0.2) is 18.2 Å². The van der Waals surface area contributed by atoms with Crippen LogP contribution in [0, 0.1) is 17.6 Å². The number of hydrogen-bond donors (Lipinski definition) is 1. The number of anilines is 1. The molecule has 1 saturated heterocycles. The van der Waals surface area contributed by atoms with Crippen molar-refractivity contribution < 1.29 is 26.7 Å². The van der Waals surface area contributed by atoms with Crippen molar-refractivity contribution >= 4 is 11.6 Å². The average Bonchev–Trinajstić information content (AvgIpc) is 2.41. The lowest BCUT2D eigenvalue weighted by atomic mass is 9.97. The quantitative estimate of drug-likeness (QED) is 0.867. The van der Waals surface area contributed by atoms with Gasteiger partial charge in [0.15, 0.2) is 0 Å². The average molecular weight is 322 g/mol. The molecule has 22 heavy (non-hydrogen) atoms. The summed E-state index contributed by atoms with van der Waals surface area (Å²) in [7, 11) is 0. The maximum Gasteiger partial charge on any atom is 0.393 e. The molecule has 0 aliphatic carbocycles. The second kappa shape index (κ2) is 6.60. The Labute approximate surface area is 124 Å². The van der Waals surface area contributed by atoms with E-state index >= 15 is 0 Å². The fraction of sp³-hybridized carbons (Fsp3) is 0.500. The number of hydrogen-bond acceptors (Lipinski definition) is 2. The van der Waals surface area contributed by atoms with Crippen LogP contribution in [0.4, 0.5) is 27.6 Å². The molecule has 1 aromatic carbocycles. The van der Waals surface area contributed by atoms with Gasteiger partial charge in [0.25, 0.3) is 0 Å². The SMILES string of the molecule is O=C(CN1CCC[C@H](C(F)(F)F)C1)Nc1ccc(F)cc1F. The van der Waals surface area contributed by atoms with Crippen LogP contribution in [0.25, 0.3) is 0 Å². The second-order valence-electron chi connectivity index (χ2n) is 5.29. The third-order valence-corrected chi connectivity index (χ3v) is 3.54. The van der Waals surface area contributed by atoms with Crippen LogP contribution >= 0.6 is 0 Å². The van der Waals surface area contributed by atoms with E-state index in [-0.39, 0.29) is 25.2 Å². The Bertz CT molecular complexity index is 547. The predicted molar refractivity (Wildman–Crippen MR) is 70.2 cm³/mol. The van der Waals surface area contributed by atoms with Crippen LogP contribution in [0.3, 0.4) is 0 Å². The monoisotopic (exact) mass is 322 g/mol. The second-order valence-corrected chi connectivity index (χ2v) is 5.29. The van der Waals surface area contributed by atoms with Gasteiger partial charge in [0.2, 0.25) is 5.91 Å². The number of carbonyl (C=O) groups excluding carboxylic acids is 1. The highest BCUT2D eigenvalue weighted by molar-refractivity contribution is 5.92. The van der Waals surface area contributed by atoms with Crippen LogP contribution < -0.4 is 5.32 Å². The standard InChI is InChI=1S/C14H15F5N2O/c15-10-3-4-12(11(16)6-10)20-13(22)8-21-5-1-2-9(7-21)14(17,18)19/h3-4,6,9H,1-2,5,7-8H2,(H,20,22)/t9-/m0/s1. The van der Waals surface area contributed by atoms with E-state index in [1.807, 2.05) is 0 Å². The maximum absolute atomic E-state index is 13.4. The first kappa shape index (κ1) is 16.7. The molecule has 1 heterocycles. The first-order valence-corrected chi connectivity index (χ1v) is 6.79. The highest BCUT2D eigenvalue weighted by Gasteiger charge is 2.41. The normalized spacial score (nSPS) is 20.0. The molecule has 1 atom stereocenters. The molecule has 0 radical (unpaired) electrons. The summed E-state index contributed by atoms with van der Waals surface area (Å²) in [6.07, 6.45) is -3.88. The highest BCUT2D eigenvalue weighted by atomic mass is 19.4. The topological polar surface area (TPSA) is 32.3 Å². The van der Waals surface area contributed by atoms with Gasteiger partial charge in [-0.05, 0) is 31.5 Å². The molecular formula is C14H15F5N2O. The fourth-order valence-corrected chi connectivity index (χ4v) is 2.45. The first-order chi connectivity index (χ1) is 10.3. The number of rotatable bonds is 3. The summed E-state index contributed by atoms with van der Waals surface area (Å²) in [6.45, 7) is -0.127. The third kappa shape index (κ3) is 4.40. The minimum Gasteiger partial charge on any atom is -0.322 e. The van der Waals surface area contributed by atoms with E-state index in [4.69, 9.17) is 0 Å². The molecule has 0 aromatic heterocycles. The lowest BCUT2D eigenvalue weighted by Gasteiger charge is -2.33. The third-order valence-electron chi connectivity index (χ3n) is 3.54. The molecule has 1 amide bonds. The zero-order valence-electron chi connectivity index (χ0n) is 11.6. The van der Waals surface area contributed by atoms with Crippen LogP contribution in [-0.2, 0) is 4.79 Å². The van der Waals surface area contributed by atoms with Gasteiger partial charge in [-0.2, -0.15) is 13.2 Å². The fourth-order valence-electron chi connectivity index (χ4n) is 2.45. The van der Waals surface area contributed by atoms with Gasteiger partial charge in [0.1, 0.15) is 11.6 Å². The minimum atomic E-state index is -4.28. The van der Waals surface area contributed by atoms with E-state index in [0.717, 1.165) is 12.1 Å². The zero-order chi connectivity index (χ0) is 16.3. The largest absolute Gasteiger partial charge is 0.393 e. The highest BCUT2D eigenvalue weighted by Crippen LogP contribution is 2.33. The lowest BCUT2D eigenvalue weighted by molar-refractivity contribution is -0.186. The number of benzene rings is 1. The van der Waals surface area contributed by atoms with Gasteiger partial charge in [-0.25, -0.2) is 8.78 Å². The molecule has 122 valence electrons. The summed E-state index contributed by atoms with van der Waals surface area (Å²) < 4.78 is 64.2. The Morgan fingerprint density at radius 1 is 1.32 bits per heavy atom. The van der Waals surface area contributed by atoms with E-state index in [1.165, 1.54) is 4.90 Å². The van der Waals surface area contributed by atoms with Gasteiger partial charge in [0, 0.05) is 12.6 Å². The van der Waals surface area contributed by atoms with Gasteiger partial charge in [-0.15, -0.1) is 0 Å². The van der Waals surface area contributed by atoms with E-state index < -0.39 is 29.6 Å². The molecule has 0 bridgehead atoms. The van der Waals surface area contributed by atoms with Crippen molar-refractivity contribution in [1.82, 2.24) is 4.90 Å². The van der Waals surface area contributed by atoms with Crippen molar-refractivity contribution in [3.63, 3.8) is 0 Å². The van der Waals surface area contributed by atoms with Gasteiger partial charge in [0.05, 0.1) is 18.2 Å². The van der Waals surface area contributed by atoms with Gasteiger partial charge >= 0.3 is 6.18 Å². The first-order valence-electron chi connectivity index (χ1n) is 6.79. The molecule has 0 spiro atoms. The van der Waals surface area contributed by atoms with E-state index in [2.05, 4.69) is 5.32 Å². The van der Waals surface area contributed by atoms with Crippen molar-refractivity contribution in [3.05, 3.63) is 29.8 Å². The van der Waals surface area contributed by atoms with Gasteiger partial charge < -0.3 is 5.32 Å². The van der Waals surface area contributed by atoms with E-state index in [1.54, 1.807) is 0 Å². The molecule has 1 aliphatic heterocycles. The van der Waals surface area contributed by atoms with Crippen molar-refractivity contribution in [2.45, 2.75) is 19.0 Å². The van der Waals surface area contributed by atoms with Crippen molar-refractivity contribution in [2.75, 3.05) is 25.0 Å². The summed E-state index contributed by atoms with van der Waals surface area (Å²) in [5, 5.41) is 2.23. The molecule has 1 N–H and O–H groups in total. The molecule has 2 rings (SSSR count). The molecule has 1 fully saturated rings. The number of nitrogens with one attached hydrogen (secondary N) is 1. The summed E-state index contributed by atoms with van der Waals surface area (Å²) in [5.74, 6) is -3.79. The van der Waals surface area contributed by atoms with Crippen LogP contribution in [-0.4, -0.2) is 36.6 Å². The summed E-state index contributed by atoms with van der Waals surface area (Å²) >= 11 is 0. The Morgan fingerprint density at radius 3 is 2.68 bits per heavy atom. The van der Waals surface area contributed by atoms with Crippen molar-refractivity contribution in [2.24, 2.45) is 5.92 Å². The Kier molecular flexibility index (Phi) is 5.00. The molecule has 1 aromatic rings. The van der Waals surface area contributed by atoms with E-state index in [9.17, 15) is 26.7 Å². The van der Waals surface area contributed by atoms with Gasteiger partial charge in [-0.1, -0.05) is 0 Å². The smallest absolute Gasteiger partial charge is 0.322 e. The maximum atomic E-state index is 13.4. The zero-order valence-corrected chi connectivity index (χ0v) is 11.6. The molecule has 1 aliphatic rings. The Hall–Kier alpha value is -1.70. The Balaban J connectivity index is 1.91. The summed E-state index contributed by atoms with van der Waals surface area (Å²) in [5.41, 5.74) is -0.198. The number of likely N-dealkylation sites (tertiary alicyclic amines) is 1. The predicted octanol–water partition coefficient (Wildman–Crippen LogP) is 3.18. The van der Waals surface area contributed by atoms with Crippen molar-refractivity contribution in [3.8, 4) is 0 Å². The number of halogens is 5. The van der Waals surface area contributed by atoms with Crippen LogP contribution in [0.2, 0.25) is 0 Å². The number of amides is 1. The number of nitrogens with zero attached hydrogens (tertiary/aromatic N) is 1. The summed E-state index contributed by atoms with van der Waals surface area (Å²) in [4.78, 5) is 13.2. The summed E-state index contributed by atoms with van der Waals surface area (Å²) in [6, 6.07) is 2.67. The molecule has 3 nitrogen and oxygen atoms in total. The number of carbonyl (C=O) groups is 1. The van der Waals surface area contributed by atoms with Crippen LogP contribution in [0.5, 0.6) is 0 Å². The lowest BCUT2D eigenvalue weighted by Crippen LogP contribution is -2.44. The molecular weight excluding hydrogens is 307 g/mol. The number of alkyl halides is 3. The molecule has 8 heteroatoms. The van der Waals surface area contributed by atoms with E-state index in [0.29, 0.717) is 19.0 Å². The Morgan fingerprint density at radius 2 is 2.05 bits per heavy atom. The molecule has 0 saturated carbocycles. The van der Waals surface area contributed by atoms with Gasteiger partial charge in [-0.3, -0.25) is 9.69 Å². The van der Waals surface area contributed by atoms with Crippen LogP contribution in [0.1, 0.15) is 12.8 Å².